The molecule has 0 heterocycles. The number of carbonyl (C=O) groups excluding carboxylic acids is 1. The molecule has 0 saturated heterocycles. The maximum Gasteiger partial charge on any atom is 0.166 e. The molecule has 1 rings (SSSR count). The van der Waals surface area contributed by atoms with Gasteiger partial charge in [0, 0.05) is 18.5 Å². The largest absolute Gasteiger partial charge is 0.497 e. The highest BCUT2D eigenvalue weighted by molar-refractivity contribution is 5.98. The fourth-order valence-corrected chi connectivity index (χ4v) is 1.75. The predicted octanol–water partition coefficient (Wildman–Crippen LogP) is 2.40. The van der Waals surface area contributed by atoms with Crippen molar-refractivity contribution in [3.63, 3.8) is 0 Å². The molecule has 0 saturated carbocycles. The molecule has 1 unspecified atom stereocenters. The van der Waals surface area contributed by atoms with Gasteiger partial charge in [0.2, 0.25) is 0 Å². The van der Waals surface area contributed by atoms with E-state index >= 15 is 0 Å². The Bertz CT molecular complexity index is 402. The molecule has 0 aliphatic carbocycles. The van der Waals surface area contributed by atoms with Crippen LogP contribution in [0.3, 0.4) is 0 Å². The van der Waals surface area contributed by atoms with E-state index in [1.54, 1.807) is 32.4 Å². The lowest BCUT2D eigenvalue weighted by Gasteiger charge is -2.10. The van der Waals surface area contributed by atoms with Gasteiger partial charge < -0.3 is 15.2 Å². The van der Waals surface area contributed by atoms with E-state index < -0.39 is 0 Å². The molecule has 0 radical (unpaired) electrons. The Morgan fingerprint density at radius 1 is 1.33 bits per heavy atom. The number of hydrogen-bond donors (Lipinski definition) is 1. The molecular weight excluding hydrogens is 230 g/mol. The first-order chi connectivity index (χ1) is 8.58. The molecule has 0 bridgehead atoms. The van der Waals surface area contributed by atoms with Gasteiger partial charge in [-0.1, -0.05) is 0 Å². The van der Waals surface area contributed by atoms with Crippen molar-refractivity contribution < 1.29 is 14.3 Å². The average molecular weight is 251 g/mol. The lowest BCUT2D eigenvalue weighted by atomic mass is 10.0. The normalized spacial score (nSPS) is 12.0. The Labute approximate surface area is 108 Å². The second-order valence-electron chi connectivity index (χ2n) is 4.36. The molecule has 0 aliphatic heterocycles. The zero-order valence-electron chi connectivity index (χ0n) is 11.2. The molecule has 0 amide bonds. The Kier molecular flexibility index (Phi) is 5.65. The maximum absolute atomic E-state index is 12.0. The molecular formula is C14H21NO3. The van der Waals surface area contributed by atoms with Crippen molar-refractivity contribution in [2.24, 2.45) is 5.73 Å². The van der Waals surface area contributed by atoms with Gasteiger partial charge in [-0.2, -0.15) is 0 Å². The van der Waals surface area contributed by atoms with Gasteiger partial charge >= 0.3 is 0 Å². The number of ketones is 1. The molecule has 1 atom stereocenters. The number of hydrogen-bond acceptors (Lipinski definition) is 4. The van der Waals surface area contributed by atoms with Crippen molar-refractivity contribution in [2.45, 2.75) is 32.2 Å². The number of methoxy groups -OCH3 is 2. The first-order valence-electron chi connectivity index (χ1n) is 6.09. The maximum atomic E-state index is 12.0. The molecule has 0 fully saturated rings. The molecule has 0 spiro atoms. The minimum atomic E-state index is 0.0788. The van der Waals surface area contributed by atoms with Crippen LogP contribution in [-0.2, 0) is 0 Å². The minimum Gasteiger partial charge on any atom is -0.497 e. The summed E-state index contributed by atoms with van der Waals surface area (Å²) in [5, 5.41) is 0. The van der Waals surface area contributed by atoms with Crippen LogP contribution in [0.4, 0.5) is 0 Å². The first kappa shape index (κ1) is 14.5. The van der Waals surface area contributed by atoms with E-state index in [-0.39, 0.29) is 11.8 Å². The number of nitrogens with two attached hydrogens (primary N) is 1. The van der Waals surface area contributed by atoms with Crippen LogP contribution in [0.25, 0.3) is 0 Å². The lowest BCUT2D eigenvalue weighted by Crippen LogP contribution is -2.15. The second-order valence-corrected chi connectivity index (χ2v) is 4.36. The highest BCUT2D eigenvalue weighted by Gasteiger charge is 2.13. The van der Waals surface area contributed by atoms with Crippen molar-refractivity contribution in [3.8, 4) is 11.5 Å². The van der Waals surface area contributed by atoms with Crippen molar-refractivity contribution in [2.75, 3.05) is 14.2 Å². The van der Waals surface area contributed by atoms with E-state index in [9.17, 15) is 4.79 Å². The number of rotatable bonds is 7. The fourth-order valence-electron chi connectivity index (χ4n) is 1.75. The van der Waals surface area contributed by atoms with Crippen molar-refractivity contribution in [1.29, 1.82) is 0 Å². The van der Waals surface area contributed by atoms with E-state index in [2.05, 4.69) is 0 Å². The number of ether oxygens (including phenoxy) is 2. The van der Waals surface area contributed by atoms with Gasteiger partial charge in [0.25, 0.3) is 0 Å². The fraction of sp³-hybridized carbons (Fsp3) is 0.500. The molecule has 100 valence electrons. The molecule has 1 aromatic carbocycles. The van der Waals surface area contributed by atoms with Crippen LogP contribution in [0.15, 0.2) is 18.2 Å². The van der Waals surface area contributed by atoms with E-state index in [0.717, 1.165) is 12.8 Å². The van der Waals surface area contributed by atoms with Crippen LogP contribution >= 0.6 is 0 Å². The third-order valence-electron chi connectivity index (χ3n) is 2.77. The van der Waals surface area contributed by atoms with E-state index in [0.29, 0.717) is 23.5 Å². The van der Waals surface area contributed by atoms with Gasteiger partial charge in [-0.3, -0.25) is 4.79 Å². The zero-order valence-corrected chi connectivity index (χ0v) is 11.2. The summed E-state index contributed by atoms with van der Waals surface area (Å²) in [6.45, 7) is 1.94. The summed E-state index contributed by atoms with van der Waals surface area (Å²) < 4.78 is 10.3. The topological polar surface area (TPSA) is 61.5 Å². The van der Waals surface area contributed by atoms with Gasteiger partial charge in [-0.05, 0) is 31.9 Å². The van der Waals surface area contributed by atoms with E-state index in [1.807, 2.05) is 6.92 Å². The molecule has 18 heavy (non-hydrogen) atoms. The Hall–Kier alpha value is -1.55. The summed E-state index contributed by atoms with van der Waals surface area (Å²) in [5.74, 6) is 1.31. The third kappa shape index (κ3) is 4.04. The van der Waals surface area contributed by atoms with Crippen LogP contribution in [-0.4, -0.2) is 26.0 Å². The summed E-state index contributed by atoms with van der Waals surface area (Å²) in [7, 11) is 3.13. The standard InChI is InChI=1S/C14H21NO3/c1-10(15)5-4-6-13(16)12-8-7-11(17-2)9-14(12)18-3/h7-10H,4-6,15H2,1-3H3. The highest BCUT2D eigenvalue weighted by Crippen LogP contribution is 2.26. The minimum absolute atomic E-state index is 0.0788. The summed E-state index contributed by atoms with van der Waals surface area (Å²) in [6, 6.07) is 5.36. The Morgan fingerprint density at radius 2 is 2.06 bits per heavy atom. The predicted molar refractivity (Wildman–Crippen MR) is 71.4 cm³/mol. The van der Waals surface area contributed by atoms with Gasteiger partial charge in [-0.25, -0.2) is 0 Å². The number of benzene rings is 1. The highest BCUT2D eigenvalue weighted by atomic mass is 16.5. The van der Waals surface area contributed by atoms with Crippen LogP contribution in [0, 0.1) is 0 Å². The van der Waals surface area contributed by atoms with Gasteiger partial charge in [0.05, 0.1) is 19.8 Å². The first-order valence-corrected chi connectivity index (χ1v) is 6.09. The van der Waals surface area contributed by atoms with E-state index in [4.69, 9.17) is 15.2 Å². The SMILES string of the molecule is COc1ccc(C(=O)CCCC(C)N)c(OC)c1. The van der Waals surface area contributed by atoms with Crippen molar-refractivity contribution in [1.82, 2.24) is 0 Å². The summed E-state index contributed by atoms with van der Waals surface area (Å²) in [5.41, 5.74) is 6.26. The molecule has 2 N–H and O–H groups in total. The van der Waals surface area contributed by atoms with Crippen LogP contribution in [0.5, 0.6) is 11.5 Å². The Morgan fingerprint density at radius 3 is 2.61 bits per heavy atom. The van der Waals surface area contributed by atoms with Crippen LogP contribution in [0.1, 0.15) is 36.5 Å². The quantitative estimate of drug-likeness (QED) is 0.756. The van der Waals surface area contributed by atoms with Crippen LogP contribution in [0.2, 0.25) is 0 Å². The smallest absolute Gasteiger partial charge is 0.166 e. The lowest BCUT2D eigenvalue weighted by molar-refractivity contribution is 0.0976. The zero-order chi connectivity index (χ0) is 13.5. The molecule has 1 aromatic rings. The van der Waals surface area contributed by atoms with Gasteiger partial charge in [-0.15, -0.1) is 0 Å². The number of Topliss-reactive ketones (excluding diaryl/α,β-unsaturated/α-hetero) is 1. The van der Waals surface area contributed by atoms with Gasteiger partial charge in [0.1, 0.15) is 11.5 Å². The molecule has 4 nitrogen and oxygen atoms in total. The van der Waals surface area contributed by atoms with Crippen molar-refractivity contribution >= 4 is 5.78 Å². The number of carbonyl (C=O) groups is 1. The monoisotopic (exact) mass is 251 g/mol. The van der Waals surface area contributed by atoms with Crippen LogP contribution < -0.4 is 15.2 Å². The van der Waals surface area contributed by atoms with Gasteiger partial charge in [0.15, 0.2) is 5.78 Å². The molecule has 0 aromatic heterocycles. The van der Waals surface area contributed by atoms with Crippen molar-refractivity contribution in [3.05, 3.63) is 23.8 Å². The van der Waals surface area contributed by atoms with E-state index in [1.165, 1.54) is 0 Å². The summed E-state index contributed by atoms with van der Waals surface area (Å²) in [4.78, 5) is 12.0. The molecule has 0 aliphatic rings. The second kappa shape index (κ2) is 7.01. The summed E-state index contributed by atoms with van der Waals surface area (Å²) >= 11 is 0. The molecule has 4 heteroatoms. The summed E-state index contributed by atoms with van der Waals surface area (Å²) in [6.07, 6.45) is 2.14. The Balaban J connectivity index is 2.72. The third-order valence-corrected chi connectivity index (χ3v) is 2.77. The average Bonchev–Trinajstić information content (AvgIpc) is 2.37.